The first-order valence-electron chi connectivity index (χ1n) is 5.77. The molecule has 1 N–H and O–H groups in total. The molecule has 1 aliphatic rings. The lowest BCUT2D eigenvalue weighted by Crippen LogP contribution is -2.33. The van der Waals surface area contributed by atoms with Crippen LogP contribution in [0.15, 0.2) is 18.3 Å². The molecular formula is C12H16ClN3O. The standard InChI is InChI=1S/C12H16ClN3O/c1-16(10-2-3-10)7-6-15-12(17)9-4-5-14-11(13)8-9/h4-5,8,10H,2-3,6-7H2,1H3,(H,15,17). The van der Waals surface area contributed by atoms with Crippen molar-refractivity contribution < 1.29 is 4.79 Å². The quantitative estimate of drug-likeness (QED) is 0.810. The Morgan fingerprint density at radius 3 is 3.06 bits per heavy atom. The highest BCUT2D eigenvalue weighted by molar-refractivity contribution is 6.29. The van der Waals surface area contributed by atoms with Gasteiger partial charge in [-0.1, -0.05) is 11.6 Å². The van der Waals surface area contributed by atoms with Gasteiger partial charge in [0.2, 0.25) is 0 Å². The molecular weight excluding hydrogens is 238 g/mol. The Balaban J connectivity index is 1.76. The van der Waals surface area contributed by atoms with Crippen LogP contribution in [-0.4, -0.2) is 42.0 Å². The van der Waals surface area contributed by atoms with Crippen LogP contribution in [-0.2, 0) is 0 Å². The molecule has 4 nitrogen and oxygen atoms in total. The summed E-state index contributed by atoms with van der Waals surface area (Å²) in [6, 6.07) is 3.95. The average molecular weight is 254 g/mol. The molecule has 1 saturated carbocycles. The van der Waals surface area contributed by atoms with Crippen molar-refractivity contribution >= 4 is 17.5 Å². The smallest absolute Gasteiger partial charge is 0.251 e. The molecule has 1 amide bonds. The third-order valence-electron chi connectivity index (χ3n) is 2.91. The Labute approximate surface area is 106 Å². The summed E-state index contributed by atoms with van der Waals surface area (Å²) < 4.78 is 0. The van der Waals surface area contributed by atoms with E-state index < -0.39 is 0 Å². The van der Waals surface area contributed by atoms with Crippen LogP contribution in [0.2, 0.25) is 5.15 Å². The van der Waals surface area contributed by atoms with Gasteiger partial charge in [-0.05, 0) is 32.0 Å². The summed E-state index contributed by atoms with van der Waals surface area (Å²) in [7, 11) is 2.09. The van der Waals surface area contributed by atoms with Gasteiger partial charge in [0.25, 0.3) is 5.91 Å². The second kappa shape index (κ2) is 5.47. The summed E-state index contributed by atoms with van der Waals surface area (Å²) in [6.07, 6.45) is 4.10. The van der Waals surface area contributed by atoms with E-state index >= 15 is 0 Å². The fourth-order valence-electron chi connectivity index (χ4n) is 1.69. The van der Waals surface area contributed by atoms with Crippen LogP contribution in [0.1, 0.15) is 23.2 Å². The van der Waals surface area contributed by atoms with E-state index in [9.17, 15) is 4.79 Å². The van der Waals surface area contributed by atoms with Crippen molar-refractivity contribution in [2.75, 3.05) is 20.1 Å². The van der Waals surface area contributed by atoms with Crippen molar-refractivity contribution in [3.63, 3.8) is 0 Å². The molecule has 0 spiro atoms. The summed E-state index contributed by atoms with van der Waals surface area (Å²) in [5.74, 6) is -0.0986. The largest absolute Gasteiger partial charge is 0.351 e. The number of aromatic nitrogens is 1. The second-order valence-corrected chi connectivity index (χ2v) is 4.72. The monoisotopic (exact) mass is 253 g/mol. The molecule has 0 atom stereocenters. The average Bonchev–Trinajstić information content (AvgIpc) is 3.12. The zero-order valence-electron chi connectivity index (χ0n) is 9.82. The topological polar surface area (TPSA) is 45.2 Å². The molecule has 5 heteroatoms. The Morgan fingerprint density at radius 1 is 1.65 bits per heavy atom. The molecule has 1 aliphatic carbocycles. The number of amides is 1. The van der Waals surface area contributed by atoms with E-state index in [0.29, 0.717) is 17.3 Å². The highest BCUT2D eigenvalue weighted by Crippen LogP contribution is 2.24. The molecule has 1 fully saturated rings. The number of pyridine rings is 1. The van der Waals surface area contributed by atoms with E-state index in [2.05, 4.69) is 22.2 Å². The summed E-state index contributed by atoms with van der Waals surface area (Å²) >= 11 is 5.72. The van der Waals surface area contributed by atoms with E-state index in [-0.39, 0.29) is 5.91 Å². The number of carbonyl (C=O) groups is 1. The molecule has 1 aromatic rings. The molecule has 17 heavy (non-hydrogen) atoms. The molecule has 0 saturated heterocycles. The maximum atomic E-state index is 11.7. The molecule has 2 rings (SSSR count). The van der Waals surface area contributed by atoms with Crippen molar-refractivity contribution in [1.82, 2.24) is 15.2 Å². The minimum absolute atomic E-state index is 0.0986. The first-order chi connectivity index (χ1) is 8.16. The molecule has 0 aromatic carbocycles. The van der Waals surface area contributed by atoms with Gasteiger partial charge in [-0.25, -0.2) is 4.98 Å². The van der Waals surface area contributed by atoms with Crippen LogP contribution < -0.4 is 5.32 Å². The Kier molecular flexibility index (Phi) is 3.97. The van der Waals surface area contributed by atoms with E-state index in [4.69, 9.17) is 11.6 Å². The van der Waals surface area contributed by atoms with E-state index in [0.717, 1.165) is 12.6 Å². The summed E-state index contributed by atoms with van der Waals surface area (Å²) in [4.78, 5) is 17.9. The van der Waals surface area contributed by atoms with Gasteiger partial charge in [-0.2, -0.15) is 0 Å². The number of hydrogen-bond donors (Lipinski definition) is 1. The maximum absolute atomic E-state index is 11.7. The molecule has 92 valence electrons. The van der Waals surface area contributed by atoms with Crippen LogP contribution in [0.4, 0.5) is 0 Å². The second-order valence-electron chi connectivity index (χ2n) is 4.33. The molecule has 0 unspecified atom stereocenters. The number of hydrogen-bond acceptors (Lipinski definition) is 3. The van der Waals surface area contributed by atoms with Gasteiger partial charge in [0.1, 0.15) is 5.15 Å². The van der Waals surface area contributed by atoms with Crippen molar-refractivity contribution in [1.29, 1.82) is 0 Å². The third kappa shape index (κ3) is 3.68. The van der Waals surface area contributed by atoms with Gasteiger partial charge in [0.05, 0.1) is 0 Å². The van der Waals surface area contributed by atoms with Crippen LogP contribution in [0.3, 0.4) is 0 Å². The Bertz CT molecular complexity index is 406. The number of carbonyl (C=O) groups excluding carboxylic acids is 1. The Morgan fingerprint density at radius 2 is 2.41 bits per heavy atom. The Hall–Kier alpha value is -1.13. The van der Waals surface area contributed by atoms with E-state index in [1.165, 1.54) is 19.0 Å². The summed E-state index contributed by atoms with van der Waals surface area (Å²) in [5, 5.41) is 3.21. The van der Waals surface area contributed by atoms with Gasteiger partial charge in [0.15, 0.2) is 0 Å². The highest BCUT2D eigenvalue weighted by Gasteiger charge is 2.25. The lowest BCUT2D eigenvalue weighted by Gasteiger charge is -2.15. The normalized spacial score (nSPS) is 15.0. The van der Waals surface area contributed by atoms with Crippen LogP contribution in [0, 0.1) is 0 Å². The SMILES string of the molecule is CN(CCNC(=O)c1ccnc(Cl)c1)C1CC1. The molecule has 0 radical (unpaired) electrons. The summed E-state index contributed by atoms with van der Waals surface area (Å²) in [5.41, 5.74) is 0.555. The number of nitrogens with zero attached hydrogens (tertiary/aromatic N) is 2. The maximum Gasteiger partial charge on any atom is 0.251 e. The van der Waals surface area contributed by atoms with Crippen LogP contribution in [0.5, 0.6) is 0 Å². The first-order valence-corrected chi connectivity index (χ1v) is 6.14. The van der Waals surface area contributed by atoms with Gasteiger partial charge < -0.3 is 10.2 Å². The van der Waals surface area contributed by atoms with E-state index in [1.807, 2.05) is 0 Å². The predicted octanol–water partition coefficient (Wildman–Crippen LogP) is 1.56. The third-order valence-corrected chi connectivity index (χ3v) is 3.12. The number of nitrogens with one attached hydrogen (secondary N) is 1. The molecule has 0 bridgehead atoms. The zero-order chi connectivity index (χ0) is 12.3. The van der Waals surface area contributed by atoms with Crippen LogP contribution >= 0.6 is 11.6 Å². The van der Waals surface area contributed by atoms with E-state index in [1.54, 1.807) is 12.1 Å². The van der Waals surface area contributed by atoms with Crippen molar-refractivity contribution in [3.8, 4) is 0 Å². The number of halogens is 1. The van der Waals surface area contributed by atoms with Crippen molar-refractivity contribution in [3.05, 3.63) is 29.0 Å². The van der Waals surface area contributed by atoms with Crippen molar-refractivity contribution in [2.45, 2.75) is 18.9 Å². The van der Waals surface area contributed by atoms with Crippen LogP contribution in [0.25, 0.3) is 0 Å². The van der Waals surface area contributed by atoms with Crippen molar-refractivity contribution in [2.24, 2.45) is 0 Å². The van der Waals surface area contributed by atoms with Gasteiger partial charge in [0, 0.05) is 30.9 Å². The predicted molar refractivity (Wildman–Crippen MR) is 67.2 cm³/mol. The molecule has 1 aromatic heterocycles. The molecule has 1 heterocycles. The fourth-order valence-corrected chi connectivity index (χ4v) is 1.86. The fraction of sp³-hybridized carbons (Fsp3) is 0.500. The minimum Gasteiger partial charge on any atom is -0.351 e. The lowest BCUT2D eigenvalue weighted by atomic mass is 10.2. The minimum atomic E-state index is -0.0986. The van der Waals surface area contributed by atoms with Gasteiger partial charge in [-0.3, -0.25) is 4.79 Å². The zero-order valence-corrected chi connectivity index (χ0v) is 10.6. The van der Waals surface area contributed by atoms with Gasteiger partial charge >= 0.3 is 0 Å². The molecule has 0 aliphatic heterocycles. The lowest BCUT2D eigenvalue weighted by molar-refractivity contribution is 0.0949. The number of rotatable bonds is 5. The van der Waals surface area contributed by atoms with Gasteiger partial charge in [-0.15, -0.1) is 0 Å². The summed E-state index contributed by atoms with van der Waals surface area (Å²) in [6.45, 7) is 1.54. The highest BCUT2D eigenvalue weighted by atomic mass is 35.5. The number of likely N-dealkylation sites (N-methyl/N-ethyl adjacent to an activating group) is 1. The first kappa shape index (κ1) is 12.3.